The molecule has 2 aromatic carbocycles. The highest BCUT2D eigenvalue weighted by molar-refractivity contribution is 6.00. The summed E-state index contributed by atoms with van der Waals surface area (Å²) >= 11 is 0. The van der Waals surface area contributed by atoms with Gasteiger partial charge >= 0.3 is 17.8 Å². The van der Waals surface area contributed by atoms with E-state index in [-0.39, 0.29) is 17.7 Å². The molecule has 0 aliphatic rings. The molecule has 6 nitrogen and oxygen atoms in total. The minimum Gasteiger partial charge on any atom is -0.399 e. The van der Waals surface area contributed by atoms with Crippen LogP contribution < -0.4 is 10.6 Å². The summed E-state index contributed by atoms with van der Waals surface area (Å²) in [6, 6.07) is 14.6. The van der Waals surface area contributed by atoms with Crippen LogP contribution in [0.1, 0.15) is 10.7 Å². The highest BCUT2D eigenvalue weighted by atomic mass is 19.1. The first-order valence-electron chi connectivity index (χ1n) is 6.43. The zero-order valence-corrected chi connectivity index (χ0v) is 11.3. The number of rotatable bonds is 4. The second-order valence-electron chi connectivity index (χ2n) is 4.36. The van der Waals surface area contributed by atoms with Gasteiger partial charge in [-0.1, -0.05) is 23.3 Å². The number of benzene rings is 2. The van der Waals surface area contributed by atoms with E-state index in [1.165, 1.54) is 24.3 Å². The largest absolute Gasteiger partial charge is 0.399 e. The van der Waals surface area contributed by atoms with Gasteiger partial charge in [-0.15, -0.1) is 5.10 Å². The Labute approximate surface area is 125 Å². The van der Waals surface area contributed by atoms with Gasteiger partial charge < -0.3 is 15.1 Å². The van der Waals surface area contributed by atoms with Crippen molar-refractivity contribution < 1.29 is 13.6 Å². The molecule has 7 heteroatoms. The normalized spacial score (nSPS) is 10.2. The van der Waals surface area contributed by atoms with Gasteiger partial charge in [-0.3, -0.25) is 4.79 Å². The molecule has 3 aromatic rings. The minimum atomic E-state index is -0.508. The highest BCUT2D eigenvalue weighted by Crippen LogP contribution is 2.16. The topological polar surface area (TPSA) is 80.0 Å². The summed E-state index contributed by atoms with van der Waals surface area (Å²) in [5.41, 5.74) is 1.19. The van der Waals surface area contributed by atoms with E-state index in [2.05, 4.69) is 20.8 Å². The van der Waals surface area contributed by atoms with Crippen LogP contribution in [0.2, 0.25) is 0 Å². The van der Waals surface area contributed by atoms with Crippen LogP contribution >= 0.6 is 0 Å². The molecule has 1 amide bonds. The van der Waals surface area contributed by atoms with Crippen LogP contribution in [-0.2, 0) is 0 Å². The molecular weight excluding hydrogens is 287 g/mol. The maximum absolute atomic E-state index is 12.8. The summed E-state index contributed by atoms with van der Waals surface area (Å²) in [4.78, 5) is 11.9. The van der Waals surface area contributed by atoms with Crippen LogP contribution in [0.5, 0.6) is 0 Å². The Hall–Kier alpha value is -3.22. The van der Waals surface area contributed by atoms with E-state index in [9.17, 15) is 9.18 Å². The fraction of sp³-hybridized carbons (Fsp3) is 0. The monoisotopic (exact) mass is 298 g/mol. The maximum atomic E-state index is 12.8. The number of hydrogen-bond acceptors (Lipinski definition) is 5. The zero-order valence-electron chi connectivity index (χ0n) is 11.3. The standard InChI is InChI=1S/C15H11FN4O2/c16-10-6-8-12(9-7-10)18-15-20-19-14(22-15)13(21)17-11-4-2-1-3-5-11/h1-9H,(H,17,21)(H,18,20). The van der Waals surface area contributed by atoms with Crippen molar-refractivity contribution in [2.24, 2.45) is 0 Å². The second kappa shape index (κ2) is 6.04. The number of carbonyl (C=O) groups is 1. The van der Waals surface area contributed by atoms with Gasteiger partial charge in [0.15, 0.2) is 0 Å². The van der Waals surface area contributed by atoms with E-state index in [1.54, 1.807) is 24.3 Å². The predicted octanol–water partition coefficient (Wildman–Crippen LogP) is 3.20. The fourth-order valence-electron chi connectivity index (χ4n) is 1.73. The summed E-state index contributed by atoms with van der Waals surface area (Å²) in [6.07, 6.45) is 0. The van der Waals surface area contributed by atoms with E-state index in [4.69, 9.17) is 4.42 Å². The number of para-hydroxylation sites is 1. The molecule has 0 atom stereocenters. The molecular formula is C15H11FN4O2. The number of nitrogens with one attached hydrogen (secondary N) is 2. The molecule has 0 fully saturated rings. The lowest BCUT2D eigenvalue weighted by Gasteiger charge is -2.01. The lowest BCUT2D eigenvalue weighted by atomic mass is 10.3. The zero-order chi connectivity index (χ0) is 15.4. The van der Waals surface area contributed by atoms with Gasteiger partial charge in [0.25, 0.3) is 0 Å². The molecule has 3 rings (SSSR count). The molecule has 0 saturated heterocycles. The Balaban J connectivity index is 1.68. The van der Waals surface area contributed by atoms with E-state index >= 15 is 0 Å². The molecule has 1 aromatic heterocycles. The van der Waals surface area contributed by atoms with E-state index in [0.717, 1.165) is 0 Å². The maximum Gasteiger partial charge on any atom is 0.320 e. The Kier molecular flexibility index (Phi) is 3.78. The summed E-state index contributed by atoms with van der Waals surface area (Å²) < 4.78 is 18.0. The Morgan fingerprint density at radius 2 is 1.68 bits per heavy atom. The molecule has 0 saturated carbocycles. The first-order valence-corrected chi connectivity index (χ1v) is 6.43. The van der Waals surface area contributed by atoms with E-state index in [1.807, 2.05) is 6.07 Å². The quantitative estimate of drug-likeness (QED) is 0.773. The van der Waals surface area contributed by atoms with Crippen LogP contribution in [0.25, 0.3) is 0 Å². The van der Waals surface area contributed by atoms with E-state index in [0.29, 0.717) is 11.4 Å². The van der Waals surface area contributed by atoms with Crippen LogP contribution in [-0.4, -0.2) is 16.1 Å². The summed E-state index contributed by atoms with van der Waals surface area (Å²) in [5.74, 6) is -1.03. The van der Waals surface area contributed by atoms with Gasteiger partial charge in [-0.25, -0.2) is 4.39 Å². The lowest BCUT2D eigenvalue weighted by Crippen LogP contribution is -2.12. The van der Waals surface area contributed by atoms with Crippen LogP contribution in [0.15, 0.2) is 59.0 Å². The van der Waals surface area contributed by atoms with Crippen LogP contribution in [0, 0.1) is 5.82 Å². The van der Waals surface area contributed by atoms with Crippen molar-refractivity contribution in [3.63, 3.8) is 0 Å². The first-order chi connectivity index (χ1) is 10.7. The Morgan fingerprint density at radius 3 is 2.41 bits per heavy atom. The van der Waals surface area contributed by atoms with Gasteiger partial charge in [0, 0.05) is 11.4 Å². The Bertz CT molecular complexity index is 772. The minimum absolute atomic E-state index is 0.0461. The van der Waals surface area contributed by atoms with Crippen molar-refractivity contribution in [3.05, 3.63) is 66.3 Å². The second-order valence-corrected chi connectivity index (χ2v) is 4.36. The molecule has 0 radical (unpaired) electrons. The van der Waals surface area contributed by atoms with Crippen molar-refractivity contribution in [3.8, 4) is 0 Å². The van der Waals surface area contributed by atoms with Crippen molar-refractivity contribution in [2.45, 2.75) is 0 Å². The number of amides is 1. The van der Waals surface area contributed by atoms with Crippen molar-refractivity contribution in [1.29, 1.82) is 0 Å². The third-order valence-corrected chi connectivity index (χ3v) is 2.75. The third kappa shape index (κ3) is 3.26. The van der Waals surface area contributed by atoms with Gasteiger partial charge in [0.2, 0.25) is 0 Å². The molecule has 0 aliphatic carbocycles. The molecule has 0 unspecified atom stereocenters. The average molecular weight is 298 g/mol. The average Bonchev–Trinajstić information content (AvgIpc) is 2.99. The Morgan fingerprint density at radius 1 is 0.955 bits per heavy atom. The molecule has 2 N–H and O–H groups in total. The van der Waals surface area contributed by atoms with Crippen LogP contribution in [0.3, 0.4) is 0 Å². The van der Waals surface area contributed by atoms with Crippen molar-refractivity contribution >= 4 is 23.3 Å². The van der Waals surface area contributed by atoms with E-state index < -0.39 is 5.91 Å². The highest BCUT2D eigenvalue weighted by Gasteiger charge is 2.15. The molecule has 0 aliphatic heterocycles. The SMILES string of the molecule is O=C(Nc1ccccc1)c1nnc(Nc2ccc(F)cc2)o1. The van der Waals surface area contributed by atoms with Crippen LogP contribution in [0.4, 0.5) is 21.8 Å². The number of aromatic nitrogens is 2. The first kappa shape index (κ1) is 13.7. The number of anilines is 3. The predicted molar refractivity (Wildman–Crippen MR) is 78.4 cm³/mol. The molecule has 0 bridgehead atoms. The molecule has 22 heavy (non-hydrogen) atoms. The molecule has 0 spiro atoms. The summed E-state index contributed by atoms with van der Waals surface area (Å²) in [5, 5.41) is 12.8. The summed E-state index contributed by atoms with van der Waals surface area (Å²) in [6.45, 7) is 0. The van der Waals surface area contributed by atoms with Gasteiger partial charge in [0.1, 0.15) is 5.82 Å². The van der Waals surface area contributed by atoms with Gasteiger partial charge in [-0.2, -0.15) is 0 Å². The third-order valence-electron chi connectivity index (χ3n) is 2.75. The van der Waals surface area contributed by atoms with Gasteiger partial charge in [-0.05, 0) is 36.4 Å². The number of carbonyl (C=O) groups excluding carboxylic acids is 1. The number of hydrogen-bond donors (Lipinski definition) is 2. The fourth-order valence-corrected chi connectivity index (χ4v) is 1.73. The van der Waals surface area contributed by atoms with Crippen molar-refractivity contribution in [1.82, 2.24) is 10.2 Å². The molecule has 1 heterocycles. The summed E-state index contributed by atoms with van der Waals surface area (Å²) in [7, 11) is 0. The van der Waals surface area contributed by atoms with Gasteiger partial charge in [0.05, 0.1) is 0 Å². The molecule has 110 valence electrons. The smallest absolute Gasteiger partial charge is 0.320 e. The number of halogens is 1. The lowest BCUT2D eigenvalue weighted by molar-refractivity contribution is 0.0991. The van der Waals surface area contributed by atoms with Crippen molar-refractivity contribution in [2.75, 3.05) is 10.6 Å². The number of nitrogens with zero attached hydrogens (tertiary/aromatic N) is 2.